The summed E-state index contributed by atoms with van der Waals surface area (Å²) in [4.78, 5) is 40.0. The topological polar surface area (TPSA) is 71.4 Å². The molecule has 2 aliphatic rings. The number of carbonyl (C=O) groups excluding carboxylic acids is 3. The van der Waals surface area contributed by atoms with E-state index in [-0.39, 0.29) is 24.2 Å². The Morgan fingerprint density at radius 3 is 2.57 bits per heavy atom. The van der Waals surface area contributed by atoms with Crippen LogP contribution in [-0.2, 0) is 4.79 Å². The zero-order valence-electron chi connectivity index (χ0n) is 17.5. The number of carbonyl (C=O) groups is 3. The third-order valence-corrected chi connectivity index (χ3v) is 6.87. The molecule has 6 nitrogen and oxygen atoms in total. The molecule has 2 aromatic rings. The summed E-state index contributed by atoms with van der Waals surface area (Å²) in [5, 5.41) is 3.55. The summed E-state index contributed by atoms with van der Waals surface area (Å²) in [6.45, 7) is 5.54. The number of urea groups is 1. The molecule has 4 rings (SSSR count). The number of amides is 3. The van der Waals surface area contributed by atoms with Crippen molar-refractivity contribution >= 4 is 29.3 Å². The van der Waals surface area contributed by atoms with Crippen LogP contribution in [0.5, 0.6) is 0 Å². The number of nitrogens with one attached hydrogen (secondary N) is 1. The molecule has 1 aromatic heterocycles. The van der Waals surface area contributed by atoms with Crippen LogP contribution >= 0.6 is 11.6 Å². The minimum Gasteiger partial charge on any atom is -0.323 e. The highest BCUT2D eigenvalue weighted by atomic mass is 35.5. The maximum atomic E-state index is 13.2. The lowest BCUT2D eigenvalue weighted by molar-refractivity contribution is -0.133. The Morgan fingerprint density at radius 1 is 1.20 bits per heavy atom. The fraction of sp³-hybridized carbons (Fsp3) is 0.435. The van der Waals surface area contributed by atoms with Crippen molar-refractivity contribution in [1.82, 2.24) is 14.8 Å². The van der Waals surface area contributed by atoms with E-state index in [2.05, 4.69) is 5.32 Å². The highest BCUT2D eigenvalue weighted by Crippen LogP contribution is 2.38. The molecule has 1 saturated heterocycles. The van der Waals surface area contributed by atoms with Crippen LogP contribution in [-0.4, -0.2) is 39.3 Å². The molecule has 0 bridgehead atoms. The summed E-state index contributed by atoms with van der Waals surface area (Å²) in [6.07, 6.45) is 3.49. The van der Waals surface area contributed by atoms with Gasteiger partial charge in [-0.05, 0) is 62.9 Å². The van der Waals surface area contributed by atoms with Gasteiger partial charge in [0, 0.05) is 27.7 Å². The molecule has 1 spiro atoms. The molecular formula is C23H26ClN3O3. The van der Waals surface area contributed by atoms with Gasteiger partial charge in [-0.1, -0.05) is 31.4 Å². The number of hydrogen-bond acceptors (Lipinski definition) is 3. The molecule has 2 fully saturated rings. The molecule has 0 unspecified atom stereocenters. The minimum atomic E-state index is -0.851. The van der Waals surface area contributed by atoms with E-state index in [0.717, 1.165) is 41.2 Å². The molecule has 0 radical (unpaired) electrons. The third kappa shape index (κ3) is 3.23. The zero-order chi connectivity index (χ0) is 21.6. The molecule has 3 amide bonds. The van der Waals surface area contributed by atoms with Crippen LogP contribution in [0.1, 0.15) is 54.4 Å². The largest absolute Gasteiger partial charge is 0.325 e. The van der Waals surface area contributed by atoms with E-state index in [0.29, 0.717) is 17.0 Å². The number of rotatable bonds is 4. The Bertz CT molecular complexity index is 1030. The lowest BCUT2D eigenvalue weighted by Crippen LogP contribution is -2.54. The van der Waals surface area contributed by atoms with Gasteiger partial charge >= 0.3 is 6.03 Å². The van der Waals surface area contributed by atoms with Crippen molar-refractivity contribution in [1.29, 1.82) is 0 Å². The lowest BCUT2D eigenvalue weighted by Gasteiger charge is -2.36. The van der Waals surface area contributed by atoms with Crippen LogP contribution in [0.2, 0.25) is 5.02 Å². The van der Waals surface area contributed by atoms with Crippen molar-refractivity contribution in [2.24, 2.45) is 5.92 Å². The number of ketones is 1. The van der Waals surface area contributed by atoms with Gasteiger partial charge in [0.25, 0.3) is 5.91 Å². The number of hydrogen-bond donors (Lipinski definition) is 1. The second-order valence-corrected chi connectivity index (χ2v) is 8.90. The molecule has 158 valence electrons. The van der Waals surface area contributed by atoms with E-state index in [1.807, 2.05) is 43.5 Å². The Morgan fingerprint density at radius 2 is 1.90 bits per heavy atom. The second-order valence-electron chi connectivity index (χ2n) is 8.46. The Balaban J connectivity index is 1.59. The van der Waals surface area contributed by atoms with Gasteiger partial charge < -0.3 is 9.88 Å². The summed E-state index contributed by atoms with van der Waals surface area (Å²) in [6, 6.07) is 8.73. The monoisotopic (exact) mass is 427 g/mol. The average molecular weight is 428 g/mol. The highest BCUT2D eigenvalue weighted by molar-refractivity contribution is 6.30. The van der Waals surface area contributed by atoms with E-state index in [1.165, 1.54) is 0 Å². The molecule has 7 heteroatoms. The second kappa shape index (κ2) is 7.58. The molecular weight excluding hydrogens is 402 g/mol. The Kier molecular flexibility index (Phi) is 5.22. The van der Waals surface area contributed by atoms with Crippen molar-refractivity contribution in [2.75, 3.05) is 6.54 Å². The van der Waals surface area contributed by atoms with Gasteiger partial charge in [-0.25, -0.2) is 4.79 Å². The Labute approximate surface area is 181 Å². The van der Waals surface area contributed by atoms with Gasteiger partial charge in [0.2, 0.25) is 0 Å². The van der Waals surface area contributed by atoms with Crippen molar-refractivity contribution in [3.05, 3.63) is 52.3 Å². The van der Waals surface area contributed by atoms with E-state index < -0.39 is 11.6 Å². The van der Waals surface area contributed by atoms with Crippen LogP contribution in [0.3, 0.4) is 0 Å². The number of nitrogens with zero attached hydrogens (tertiary/aromatic N) is 2. The molecule has 1 aromatic carbocycles. The molecule has 1 N–H and O–H groups in total. The van der Waals surface area contributed by atoms with Crippen molar-refractivity contribution < 1.29 is 14.4 Å². The SMILES string of the molecule is Cc1cc(C(=O)CN2C(=O)N[C@]3(CCCC[C@H]3C)C2=O)c(C)n1-c1ccc(Cl)cc1. The molecule has 1 aliphatic heterocycles. The fourth-order valence-corrected chi connectivity index (χ4v) is 5.03. The molecule has 2 atom stereocenters. The van der Waals surface area contributed by atoms with Crippen LogP contribution in [0, 0.1) is 19.8 Å². The van der Waals surface area contributed by atoms with E-state index in [1.54, 1.807) is 12.1 Å². The minimum absolute atomic E-state index is 0.0674. The normalized spacial score (nSPS) is 23.9. The first-order chi connectivity index (χ1) is 14.2. The smallest absolute Gasteiger partial charge is 0.323 e. The first-order valence-corrected chi connectivity index (χ1v) is 10.7. The molecule has 1 aliphatic carbocycles. The van der Waals surface area contributed by atoms with Gasteiger partial charge in [0.15, 0.2) is 5.78 Å². The Hall–Kier alpha value is -2.60. The predicted octanol–water partition coefficient (Wildman–Crippen LogP) is 4.43. The maximum Gasteiger partial charge on any atom is 0.325 e. The maximum absolute atomic E-state index is 13.2. The number of Topliss-reactive ketones (excluding diaryl/α,β-unsaturated/α-hetero) is 1. The van der Waals surface area contributed by atoms with Crippen LogP contribution in [0.4, 0.5) is 4.79 Å². The van der Waals surface area contributed by atoms with E-state index in [4.69, 9.17) is 11.6 Å². The van der Waals surface area contributed by atoms with Crippen LogP contribution < -0.4 is 5.32 Å². The summed E-state index contributed by atoms with van der Waals surface area (Å²) in [5.41, 5.74) is 2.23. The first-order valence-electron chi connectivity index (χ1n) is 10.4. The number of aryl methyl sites for hydroxylation is 1. The number of benzene rings is 1. The van der Waals surface area contributed by atoms with Crippen molar-refractivity contribution in [3.63, 3.8) is 0 Å². The summed E-state index contributed by atoms with van der Waals surface area (Å²) >= 11 is 5.99. The summed E-state index contributed by atoms with van der Waals surface area (Å²) in [5.74, 6) is -0.440. The van der Waals surface area contributed by atoms with Gasteiger partial charge in [0.1, 0.15) is 5.54 Å². The lowest BCUT2D eigenvalue weighted by atomic mass is 9.73. The molecule has 2 heterocycles. The number of halogens is 1. The fourth-order valence-electron chi connectivity index (χ4n) is 4.90. The predicted molar refractivity (Wildman–Crippen MR) is 115 cm³/mol. The van der Waals surface area contributed by atoms with Crippen molar-refractivity contribution in [2.45, 2.75) is 52.0 Å². The van der Waals surface area contributed by atoms with Gasteiger partial charge in [-0.2, -0.15) is 0 Å². The highest BCUT2D eigenvalue weighted by Gasteiger charge is 2.55. The summed E-state index contributed by atoms with van der Waals surface area (Å²) in [7, 11) is 0. The third-order valence-electron chi connectivity index (χ3n) is 6.62. The average Bonchev–Trinajstić information content (AvgIpc) is 3.13. The van der Waals surface area contributed by atoms with E-state index in [9.17, 15) is 14.4 Å². The standard InChI is InChI=1S/C23H26ClN3O3/c1-14-6-4-5-11-23(14)21(29)26(22(30)25-23)13-20(28)19-12-15(2)27(16(19)3)18-9-7-17(24)8-10-18/h7-10,12,14H,4-6,11,13H2,1-3H3,(H,25,30)/t14-,23+/m1/s1. The van der Waals surface area contributed by atoms with E-state index >= 15 is 0 Å². The van der Waals surface area contributed by atoms with Gasteiger partial charge in [0.05, 0.1) is 6.54 Å². The molecule has 1 saturated carbocycles. The van der Waals surface area contributed by atoms with Crippen molar-refractivity contribution in [3.8, 4) is 5.69 Å². The van der Waals surface area contributed by atoms with Crippen LogP contribution in [0.25, 0.3) is 5.69 Å². The first kappa shape index (κ1) is 20.7. The molecule has 30 heavy (non-hydrogen) atoms. The number of aromatic nitrogens is 1. The zero-order valence-corrected chi connectivity index (χ0v) is 18.3. The van der Waals surface area contributed by atoms with Crippen LogP contribution in [0.15, 0.2) is 30.3 Å². The van der Waals surface area contributed by atoms with Gasteiger partial charge in [-0.3, -0.25) is 14.5 Å². The number of imide groups is 1. The van der Waals surface area contributed by atoms with Gasteiger partial charge in [-0.15, -0.1) is 0 Å². The summed E-state index contributed by atoms with van der Waals surface area (Å²) < 4.78 is 1.97. The quantitative estimate of drug-likeness (QED) is 0.579.